The number of rotatable bonds is 3. The van der Waals surface area contributed by atoms with Crippen LogP contribution in [0.3, 0.4) is 0 Å². The van der Waals surface area contributed by atoms with Crippen molar-refractivity contribution in [3.05, 3.63) is 63.4 Å². The van der Waals surface area contributed by atoms with Gasteiger partial charge in [0.1, 0.15) is 16.9 Å². The molecule has 2 heterocycles. The fourth-order valence-corrected chi connectivity index (χ4v) is 3.30. The highest BCUT2D eigenvalue weighted by Crippen LogP contribution is 2.39. The Kier molecular flexibility index (Phi) is 3.69. The third kappa shape index (κ3) is 2.91. The number of aryl methyl sites for hydroxylation is 1. The largest absolute Gasteiger partial charge is 0.487 e. The summed E-state index contributed by atoms with van der Waals surface area (Å²) in [4.78, 5) is 23.0. The first kappa shape index (κ1) is 17.1. The minimum absolute atomic E-state index is 0.0282. The van der Waals surface area contributed by atoms with Gasteiger partial charge >= 0.3 is 0 Å². The van der Waals surface area contributed by atoms with Gasteiger partial charge in [-0.05, 0) is 50.5 Å². The van der Waals surface area contributed by atoms with Gasteiger partial charge in [-0.15, -0.1) is 0 Å². The van der Waals surface area contributed by atoms with E-state index in [0.29, 0.717) is 11.0 Å². The number of benzene rings is 2. The number of carbonyl (C=O) groups excluding carboxylic acids is 1. The molecule has 3 aromatic rings. The van der Waals surface area contributed by atoms with Gasteiger partial charge in [-0.1, -0.05) is 0 Å². The molecule has 0 aliphatic carbocycles. The van der Waals surface area contributed by atoms with Crippen LogP contribution in [0.1, 0.15) is 41.9 Å². The average Bonchev–Trinajstić information content (AvgIpc) is 2.94. The van der Waals surface area contributed by atoms with Crippen LogP contribution in [0.15, 0.2) is 40.8 Å². The molecule has 0 saturated heterocycles. The Hall–Kier alpha value is -3.35. The third-order valence-corrected chi connectivity index (χ3v) is 4.84. The Balaban J connectivity index is 1.75. The molecule has 1 aliphatic rings. The fourth-order valence-electron chi connectivity index (χ4n) is 3.30. The Morgan fingerprint density at radius 3 is 2.59 bits per heavy atom. The molecule has 2 aromatic carbocycles. The quantitative estimate of drug-likeness (QED) is 0.421. The third-order valence-electron chi connectivity index (χ3n) is 4.84. The molecule has 0 radical (unpaired) electrons. The van der Waals surface area contributed by atoms with Gasteiger partial charge in [-0.2, -0.15) is 0 Å². The van der Waals surface area contributed by atoms with Crippen LogP contribution in [-0.2, 0) is 6.42 Å². The van der Waals surface area contributed by atoms with Gasteiger partial charge in [-0.3, -0.25) is 14.9 Å². The van der Waals surface area contributed by atoms with E-state index in [1.54, 1.807) is 6.07 Å². The first-order valence-corrected chi connectivity index (χ1v) is 8.58. The van der Waals surface area contributed by atoms with Crippen LogP contribution < -0.4 is 10.5 Å². The van der Waals surface area contributed by atoms with Crippen LogP contribution in [0.4, 0.5) is 11.4 Å². The molecule has 7 heteroatoms. The highest BCUT2D eigenvalue weighted by molar-refractivity contribution is 6.14. The van der Waals surface area contributed by atoms with Crippen molar-refractivity contribution in [2.45, 2.75) is 32.3 Å². The highest BCUT2D eigenvalue weighted by Gasteiger charge is 2.29. The van der Waals surface area contributed by atoms with Crippen molar-refractivity contribution in [3.8, 4) is 5.75 Å². The molecule has 0 bridgehead atoms. The van der Waals surface area contributed by atoms with Crippen LogP contribution in [0, 0.1) is 10.1 Å². The molecule has 4 rings (SSSR count). The van der Waals surface area contributed by atoms with Gasteiger partial charge < -0.3 is 14.9 Å². The molecule has 7 nitrogen and oxygen atoms in total. The second kappa shape index (κ2) is 5.84. The summed E-state index contributed by atoms with van der Waals surface area (Å²) in [6.07, 6.45) is 1.74. The molecule has 0 spiro atoms. The molecule has 0 saturated carbocycles. The molecule has 0 unspecified atom stereocenters. The standard InChI is InChI=1S/C20H18N2O5/c1-20(2)8-7-12-9-14-16(10-15(12)27-20)26-19(17(14)21)18(23)11-3-5-13(6-4-11)22(24)25/h3-6,9-10H,7-8,21H2,1-2H3. The van der Waals surface area contributed by atoms with Crippen molar-refractivity contribution in [2.75, 3.05) is 5.73 Å². The van der Waals surface area contributed by atoms with Crippen LogP contribution in [-0.4, -0.2) is 16.3 Å². The zero-order valence-electron chi connectivity index (χ0n) is 14.9. The van der Waals surface area contributed by atoms with Crippen molar-refractivity contribution >= 4 is 28.1 Å². The summed E-state index contributed by atoms with van der Waals surface area (Å²) in [5.74, 6) is 0.347. The summed E-state index contributed by atoms with van der Waals surface area (Å²) >= 11 is 0. The normalized spacial score (nSPS) is 15.2. The molecule has 0 fully saturated rings. The molecule has 27 heavy (non-hydrogen) atoms. The van der Waals surface area contributed by atoms with Crippen molar-refractivity contribution < 1.29 is 18.9 Å². The van der Waals surface area contributed by atoms with E-state index in [2.05, 4.69) is 0 Å². The Bertz CT molecular complexity index is 1080. The van der Waals surface area contributed by atoms with Gasteiger partial charge in [0.15, 0.2) is 5.76 Å². The molecule has 138 valence electrons. The molecule has 1 aliphatic heterocycles. The topological polar surface area (TPSA) is 109 Å². The predicted molar refractivity (Wildman–Crippen MR) is 100 cm³/mol. The molecule has 0 atom stereocenters. The minimum atomic E-state index is -0.518. The lowest BCUT2D eigenvalue weighted by molar-refractivity contribution is -0.384. The lowest BCUT2D eigenvalue weighted by Crippen LogP contribution is -2.32. The molecule has 1 aromatic heterocycles. The minimum Gasteiger partial charge on any atom is -0.487 e. The number of nitro benzene ring substituents is 1. The summed E-state index contributed by atoms with van der Waals surface area (Å²) in [5, 5.41) is 11.4. The number of nitrogen functional groups attached to an aromatic ring is 1. The predicted octanol–water partition coefficient (Wildman–Crippen LogP) is 4.26. The number of furan rings is 1. The summed E-state index contributed by atoms with van der Waals surface area (Å²) in [7, 11) is 0. The number of nitrogens with two attached hydrogens (primary N) is 1. The van der Waals surface area contributed by atoms with Crippen molar-refractivity contribution in [1.29, 1.82) is 0 Å². The smallest absolute Gasteiger partial charge is 0.269 e. The Labute approximate surface area is 154 Å². The maximum absolute atomic E-state index is 12.8. The van der Waals surface area contributed by atoms with E-state index in [1.807, 2.05) is 19.9 Å². The van der Waals surface area contributed by atoms with E-state index in [-0.39, 0.29) is 28.3 Å². The van der Waals surface area contributed by atoms with Gasteiger partial charge in [-0.25, -0.2) is 0 Å². The number of non-ortho nitro benzene ring substituents is 1. The number of ketones is 1. The number of hydrogen-bond acceptors (Lipinski definition) is 6. The first-order valence-electron chi connectivity index (χ1n) is 8.58. The maximum atomic E-state index is 12.8. The van der Waals surface area contributed by atoms with Crippen LogP contribution in [0.25, 0.3) is 11.0 Å². The van der Waals surface area contributed by atoms with E-state index >= 15 is 0 Å². The second-order valence-electron chi connectivity index (χ2n) is 7.30. The second-order valence-corrected chi connectivity index (χ2v) is 7.30. The van der Waals surface area contributed by atoms with Crippen molar-refractivity contribution in [3.63, 3.8) is 0 Å². The SMILES string of the molecule is CC1(C)CCc2cc3c(N)c(C(=O)c4ccc([N+](=O)[O-])cc4)oc3cc2O1. The van der Waals surface area contributed by atoms with E-state index in [1.165, 1.54) is 24.3 Å². The maximum Gasteiger partial charge on any atom is 0.269 e. The van der Waals surface area contributed by atoms with Crippen LogP contribution >= 0.6 is 0 Å². The van der Waals surface area contributed by atoms with E-state index < -0.39 is 10.7 Å². The number of carbonyl (C=O) groups is 1. The van der Waals surface area contributed by atoms with E-state index in [4.69, 9.17) is 14.9 Å². The van der Waals surface area contributed by atoms with Crippen molar-refractivity contribution in [2.24, 2.45) is 0 Å². The van der Waals surface area contributed by atoms with E-state index in [0.717, 1.165) is 24.2 Å². The highest BCUT2D eigenvalue weighted by atomic mass is 16.6. The molecular formula is C20H18N2O5. The number of ether oxygens (including phenoxy) is 1. The van der Waals surface area contributed by atoms with Gasteiger partial charge in [0, 0.05) is 29.1 Å². The first-order chi connectivity index (χ1) is 12.7. The zero-order chi connectivity index (χ0) is 19.3. The van der Waals surface area contributed by atoms with Crippen LogP contribution in [0.2, 0.25) is 0 Å². The van der Waals surface area contributed by atoms with Crippen molar-refractivity contribution in [1.82, 2.24) is 0 Å². The summed E-state index contributed by atoms with van der Waals surface area (Å²) in [5.41, 5.74) is 7.89. The number of anilines is 1. The summed E-state index contributed by atoms with van der Waals surface area (Å²) < 4.78 is 11.7. The average molecular weight is 366 g/mol. The zero-order valence-corrected chi connectivity index (χ0v) is 14.9. The Morgan fingerprint density at radius 2 is 1.93 bits per heavy atom. The van der Waals surface area contributed by atoms with Crippen LogP contribution in [0.5, 0.6) is 5.75 Å². The van der Waals surface area contributed by atoms with Gasteiger partial charge in [0.25, 0.3) is 5.69 Å². The number of nitrogens with zero attached hydrogens (tertiary/aromatic N) is 1. The molecule has 0 amide bonds. The van der Waals surface area contributed by atoms with Gasteiger partial charge in [0.05, 0.1) is 10.6 Å². The lowest BCUT2D eigenvalue weighted by atomic mass is 9.93. The summed E-state index contributed by atoms with van der Waals surface area (Å²) in [6, 6.07) is 9.02. The summed E-state index contributed by atoms with van der Waals surface area (Å²) in [6.45, 7) is 4.06. The Morgan fingerprint density at radius 1 is 1.22 bits per heavy atom. The number of fused-ring (bicyclic) bond motifs is 2. The number of nitro groups is 1. The number of hydrogen-bond donors (Lipinski definition) is 1. The van der Waals surface area contributed by atoms with E-state index in [9.17, 15) is 14.9 Å². The molecule has 2 N–H and O–H groups in total. The van der Waals surface area contributed by atoms with Gasteiger partial charge in [0.2, 0.25) is 5.78 Å². The fraction of sp³-hybridized carbons (Fsp3) is 0.250. The molecular weight excluding hydrogens is 348 g/mol. The monoisotopic (exact) mass is 366 g/mol. The lowest BCUT2D eigenvalue weighted by Gasteiger charge is -2.32.